The van der Waals surface area contributed by atoms with E-state index in [-0.39, 0.29) is 0 Å². The molecule has 1 fully saturated rings. The van der Waals surface area contributed by atoms with Crippen molar-refractivity contribution in [2.24, 2.45) is 5.92 Å². The Labute approximate surface area is 127 Å². The van der Waals surface area contributed by atoms with Crippen LogP contribution < -0.4 is 5.32 Å². The molecule has 112 valence electrons. The monoisotopic (exact) mass is 295 g/mol. The fraction of sp³-hybridized carbons (Fsp3) is 0.647. The first-order valence-electron chi connectivity index (χ1n) is 7.84. The van der Waals surface area contributed by atoms with Gasteiger partial charge in [0.05, 0.1) is 6.10 Å². The largest absolute Gasteiger partial charge is 0.378 e. The molecule has 0 amide bonds. The summed E-state index contributed by atoms with van der Waals surface area (Å²) < 4.78 is 5.87. The van der Waals surface area contributed by atoms with E-state index in [1.54, 1.807) is 0 Å². The number of hydrogen-bond acceptors (Lipinski definition) is 2. The minimum Gasteiger partial charge on any atom is -0.378 e. The van der Waals surface area contributed by atoms with Gasteiger partial charge in [-0.05, 0) is 43.9 Å². The van der Waals surface area contributed by atoms with Gasteiger partial charge in [-0.3, -0.25) is 0 Å². The standard InChI is InChI=1S/C17H26ClNO/c1-3-10-19-16(14-9-11-20-17(14)4-2)12-13-7-5-6-8-15(13)18/h5-8,14,16-17,19H,3-4,9-12H2,1-2H3. The molecule has 2 rings (SSSR count). The second kappa shape index (κ2) is 8.02. The SMILES string of the molecule is CCCNC(Cc1ccccc1Cl)C1CCOC1CC. The molecule has 2 nitrogen and oxygen atoms in total. The molecule has 1 N–H and O–H groups in total. The van der Waals surface area contributed by atoms with Crippen molar-refractivity contribution in [1.29, 1.82) is 0 Å². The van der Waals surface area contributed by atoms with Gasteiger partial charge in [0.1, 0.15) is 0 Å². The van der Waals surface area contributed by atoms with Crippen molar-refractivity contribution in [2.75, 3.05) is 13.2 Å². The fourth-order valence-electron chi connectivity index (χ4n) is 3.15. The second-order valence-corrected chi connectivity index (χ2v) is 6.03. The molecule has 0 bridgehead atoms. The van der Waals surface area contributed by atoms with E-state index in [0.29, 0.717) is 18.1 Å². The molecule has 1 aromatic carbocycles. The third-order valence-electron chi connectivity index (χ3n) is 4.23. The lowest BCUT2D eigenvalue weighted by Crippen LogP contribution is -2.42. The lowest BCUT2D eigenvalue weighted by molar-refractivity contribution is 0.0775. The molecule has 0 radical (unpaired) electrons. The van der Waals surface area contributed by atoms with Gasteiger partial charge in [0.25, 0.3) is 0 Å². The van der Waals surface area contributed by atoms with Crippen molar-refractivity contribution in [3.63, 3.8) is 0 Å². The molecule has 3 heteroatoms. The van der Waals surface area contributed by atoms with Gasteiger partial charge < -0.3 is 10.1 Å². The van der Waals surface area contributed by atoms with Crippen molar-refractivity contribution >= 4 is 11.6 Å². The Bertz CT molecular complexity index is 410. The van der Waals surface area contributed by atoms with Crippen LogP contribution in [0.5, 0.6) is 0 Å². The molecule has 1 aliphatic heterocycles. The Hall–Kier alpha value is -0.570. The average Bonchev–Trinajstić information content (AvgIpc) is 2.93. The Morgan fingerprint density at radius 1 is 1.35 bits per heavy atom. The van der Waals surface area contributed by atoms with Gasteiger partial charge in [-0.15, -0.1) is 0 Å². The topological polar surface area (TPSA) is 21.3 Å². The van der Waals surface area contributed by atoms with Gasteiger partial charge in [-0.1, -0.05) is 43.6 Å². The van der Waals surface area contributed by atoms with Gasteiger partial charge in [0.2, 0.25) is 0 Å². The van der Waals surface area contributed by atoms with Gasteiger partial charge in [-0.2, -0.15) is 0 Å². The molecule has 1 saturated heterocycles. The number of ether oxygens (including phenoxy) is 1. The number of rotatable bonds is 7. The zero-order chi connectivity index (χ0) is 14.4. The van der Waals surface area contributed by atoms with Crippen LogP contribution in [0.1, 0.15) is 38.7 Å². The highest BCUT2D eigenvalue weighted by atomic mass is 35.5. The Balaban J connectivity index is 2.09. The lowest BCUT2D eigenvalue weighted by atomic mass is 9.87. The molecule has 3 unspecified atom stereocenters. The molecule has 0 saturated carbocycles. The predicted octanol–water partition coefficient (Wildman–Crippen LogP) is 4.07. The van der Waals surface area contributed by atoms with E-state index in [4.69, 9.17) is 16.3 Å². The summed E-state index contributed by atoms with van der Waals surface area (Å²) in [5.74, 6) is 0.600. The average molecular weight is 296 g/mol. The molecule has 3 atom stereocenters. The summed E-state index contributed by atoms with van der Waals surface area (Å²) in [5.41, 5.74) is 1.24. The van der Waals surface area contributed by atoms with Crippen LogP contribution in [0.25, 0.3) is 0 Å². The number of hydrogen-bond donors (Lipinski definition) is 1. The summed E-state index contributed by atoms with van der Waals surface area (Å²) in [6, 6.07) is 8.65. The zero-order valence-electron chi connectivity index (χ0n) is 12.6. The number of benzene rings is 1. The number of halogens is 1. The maximum atomic E-state index is 6.32. The van der Waals surface area contributed by atoms with Crippen LogP contribution in [0.15, 0.2) is 24.3 Å². The van der Waals surface area contributed by atoms with E-state index in [1.807, 2.05) is 12.1 Å². The molecular weight excluding hydrogens is 270 g/mol. The maximum Gasteiger partial charge on any atom is 0.0616 e. The van der Waals surface area contributed by atoms with Crippen LogP contribution in [-0.4, -0.2) is 25.3 Å². The summed E-state index contributed by atoms with van der Waals surface area (Å²) in [4.78, 5) is 0. The van der Waals surface area contributed by atoms with Crippen molar-refractivity contribution in [3.05, 3.63) is 34.9 Å². The third kappa shape index (κ3) is 3.97. The second-order valence-electron chi connectivity index (χ2n) is 5.63. The molecule has 1 aromatic rings. The Morgan fingerprint density at radius 2 is 2.15 bits per heavy atom. The summed E-state index contributed by atoms with van der Waals surface area (Å²) >= 11 is 6.32. The van der Waals surface area contributed by atoms with Crippen molar-refractivity contribution in [3.8, 4) is 0 Å². The van der Waals surface area contributed by atoms with Gasteiger partial charge in [0.15, 0.2) is 0 Å². The molecule has 1 heterocycles. The minimum absolute atomic E-state index is 0.395. The van der Waals surface area contributed by atoms with Crippen molar-refractivity contribution in [1.82, 2.24) is 5.32 Å². The van der Waals surface area contributed by atoms with Crippen LogP contribution in [0.2, 0.25) is 5.02 Å². The number of nitrogens with one attached hydrogen (secondary N) is 1. The van der Waals surface area contributed by atoms with Crippen LogP contribution in [-0.2, 0) is 11.2 Å². The van der Waals surface area contributed by atoms with Crippen LogP contribution in [0, 0.1) is 5.92 Å². The van der Waals surface area contributed by atoms with E-state index in [9.17, 15) is 0 Å². The van der Waals surface area contributed by atoms with Gasteiger partial charge in [-0.25, -0.2) is 0 Å². The normalized spacial score (nSPS) is 23.9. The van der Waals surface area contributed by atoms with E-state index in [1.165, 1.54) is 5.56 Å². The maximum absolute atomic E-state index is 6.32. The van der Waals surface area contributed by atoms with Crippen molar-refractivity contribution < 1.29 is 4.74 Å². The molecule has 0 aromatic heterocycles. The quantitative estimate of drug-likeness (QED) is 0.819. The first-order valence-corrected chi connectivity index (χ1v) is 8.22. The molecular formula is C17H26ClNO. The Kier molecular flexibility index (Phi) is 6.34. The fourth-order valence-corrected chi connectivity index (χ4v) is 3.36. The minimum atomic E-state index is 0.395. The van der Waals surface area contributed by atoms with Crippen LogP contribution >= 0.6 is 11.6 Å². The highest BCUT2D eigenvalue weighted by Crippen LogP contribution is 2.29. The van der Waals surface area contributed by atoms with Crippen molar-refractivity contribution in [2.45, 2.75) is 51.7 Å². The third-order valence-corrected chi connectivity index (χ3v) is 4.60. The zero-order valence-corrected chi connectivity index (χ0v) is 13.3. The highest BCUT2D eigenvalue weighted by Gasteiger charge is 2.33. The van der Waals surface area contributed by atoms with E-state index >= 15 is 0 Å². The highest BCUT2D eigenvalue weighted by molar-refractivity contribution is 6.31. The summed E-state index contributed by atoms with van der Waals surface area (Å²) in [6.45, 7) is 6.38. The van der Waals surface area contributed by atoms with Gasteiger partial charge >= 0.3 is 0 Å². The molecule has 20 heavy (non-hydrogen) atoms. The van der Waals surface area contributed by atoms with Crippen LogP contribution in [0.4, 0.5) is 0 Å². The predicted molar refractivity (Wildman–Crippen MR) is 85.4 cm³/mol. The smallest absolute Gasteiger partial charge is 0.0616 e. The van der Waals surface area contributed by atoms with E-state index in [2.05, 4.69) is 31.3 Å². The molecule has 0 spiro atoms. The summed E-state index contributed by atoms with van der Waals surface area (Å²) in [7, 11) is 0. The molecule has 0 aliphatic carbocycles. The first-order chi connectivity index (χ1) is 9.76. The first kappa shape index (κ1) is 15.8. The molecule has 1 aliphatic rings. The summed E-state index contributed by atoms with van der Waals surface area (Å²) in [6.07, 6.45) is 4.79. The lowest BCUT2D eigenvalue weighted by Gasteiger charge is -2.28. The van der Waals surface area contributed by atoms with Crippen LogP contribution in [0.3, 0.4) is 0 Å². The summed E-state index contributed by atoms with van der Waals surface area (Å²) in [5, 5.41) is 4.59. The Morgan fingerprint density at radius 3 is 2.85 bits per heavy atom. The van der Waals surface area contributed by atoms with Gasteiger partial charge in [0, 0.05) is 23.6 Å². The van der Waals surface area contributed by atoms with E-state index in [0.717, 1.165) is 43.9 Å². The van der Waals surface area contributed by atoms with E-state index < -0.39 is 0 Å².